The topological polar surface area (TPSA) is 83.2 Å². The van der Waals surface area contributed by atoms with E-state index < -0.39 is 5.63 Å². The van der Waals surface area contributed by atoms with Gasteiger partial charge in [0.25, 0.3) is 0 Å². The van der Waals surface area contributed by atoms with Crippen molar-refractivity contribution >= 4 is 16.9 Å². The number of benzene rings is 1. The Labute approximate surface area is 201 Å². The van der Waals surface area contributed by atoms with Crippen LogP contribution in [-0.2, 0) is 16.0 Å². The van der Waals surface area contributed by atoms with Crippen LogP contribution in [0, 0.1) is 19.8 Å². The van der Waals surface area contributed by atoms with Crippen LogP contribution in [0.2, 0.25) is 0 Å². The second kappa shape index (κ2) is 10.9. The minimum absolute atomic E-state index is 0.0609. The molecule has 7 heteroatoms. The molecule has 0 bridgehead atoms. The van der Waals surface area contributed by atoms with Crippen molar-refractivity contribution in [2.75, 3.05) is 39.9 Å². The van der Waals surface area contributed by atoms with Gasteiger partial charge in [-0.25, -0.2) is 4.79 Å². The van der Waals surface area contributed by atoms with Crippen LogP contribution in [-0.4, -0.2) is 66.8 Å². The van der Waals surface area contributed by atoms with Crippen molar-refractivity contribution in [2.24, 2.45) is 5.92 Å². The predicted molar refractivity (Wildman–Crippen MR) is 132 cm³/mol. The third-order valence-corrected chi connectivity index (χ3v) is 7.87. The number of phenols is 1. The highest BCUT2D eigenvalue weighted by atomic mass is 16.5. The summed E-state index contributed by atoms with van der Waals surface area (Å²) in [4.78, 5) is 30.7. The van der Waals surface area contributed by atoms with Crippen LogP contribution >= 0.6 is 0 Å². The SMILES string of the molecule is COCCN(CC1CCCN2CCCCC12)C(=O)CCc1c(C)c2ccc(O)c(C)c2oc1=O. The number of carbonyl (C=O) groups is 1. The minimum Gasteiger partial charge on any atom is -0.508 e. The first-order valence-corrected chi connectivity index (χ1v) is 12.7. The molecule has 2 atom stereocenters. The van der Waals surface area contributed by atoms with Crippen LogP contribution in [0.3, 0.4) is 0 Å². The summed E-state index contributed by atoms with van der Waals surface area (Å²) >= 11 is 0. The number of rotatable bonds is 8. The molecule has 2 unspecified atom stereocenters. The van der Waals surface area contributed by atoms with Crippen LogP contribution in [0.1, 0.15) is 55.2 Å². The zero-order valence-electron chi connectivity index (χ0n) is 20.8. The van der Waals surface area contributed by atoms with E-state index in [2.05, 4.69) is 4.90 Å². The van der Waals surface area contributed by atoms with Gasteiger partial charge in [0.15, 0.2) is 0 Å². The lowest BCUT2D eigenvalue weighted by Gasteiger charge is -2.45. The van der Waals surface area contributed by atoms with E-state index in [1.807, 2.05) is 11.8 Å². The van der Waals surface area contributed by atoms with Crippen molar-refractivity contribution < 1.29 is 19.1 Å². The summed E-state index contributed by atoms with van der Waals surface area (Å²) in [6.07, 6.45) is 6.74. The molecule has 1 aromatic heterocycles. The molecule has 2 aliphatic rings. The molecular formula is C27H38N2O5. The maximum Gasteiger partial charge on any atom is 0.339 e. The number of aromatic hydroxyl groups is 1. The highest BCUT2D eigenvalue weighted by molar-refractivity contribution is 5.85. The molecule has 0 spiro atoms. The van der Waals surface area contributed by atoms with Crippen molar-refractivity contribution in [1.29, 1.82) is 0 Å². The number of methoxy groups -OCH3 is 1. The van der Waals surface area contributed by atoms with Gasteiger partial charge in [0.2, 0.25) is 5.91 Å². The monoisotopic (exact) mass is 470 g/mol. The fraction of sp³-hybridized carbons (Fsp3) is 0.630. The number of amides is 1. The number of fused-ring (bicyclic) bond motifs is 2. The van der Waals surface area contributed by atoms with Crippen LogP contribution < -0.4 is 5.63 Å². The van der Waals surface area contributed by atoms with E-state index in [4.69, 9.17) is 9.15 Å². The largest absolute Gasteiger partial charge is 0.508 e. The van der Waals surface area contributed by atoms with Crippen molar-refractivity contribution in [1.82, 2.24) is 9.80 Å². The molecule has 1 N–H and O–H groups in total. The number of nitrogens with zero attached hydrogens (tertiary/aromatic N) is 2. The quantitative estimate of drug-likeness (QED) is 0.591. The first-order valence-electron chi connectivity index (χ1n) is 12.7. The Morgan fingerprint density at radius 3 is 2.76 bits per heavy atom. The Kier molecular flexibility index (Phi) is 7.94. The minimum atomic E-state index is -0.430. The first kappa shape index (κ1) is 24.7. The van der Waals surface area contributed by atoms with Crippen LogP contribution in [0.25, 0.3) is 11.0 Å². The van der Waals surface area contributed by atoms with Crippen LogP contribution in [0.5, 0.6) is 5.75 Å². The van der Waals surface area contributed by atoms with Crippen molar-refractivity contribution in [3.8, 4) is 5.75 Å². The van der Waals surface area contributed by atoms with E-state index in [0.717, 1.165) is 23.9 Å². The number of aryl methyl sites for hydroxylation is 2. The molecule has 4 rings (SSSR count). The Morgan fingerprint density at radius 1 is 1.18 bits per heavy atom. The molecule has 0 radical (unpaired) electrons. The van der Waals surface area contributed by atoms with Gasteiger partial charge in [0.1, 0.15) is 11.3 Å². The van der Waals surface area contributed by atoms with Gasteiger partial charge >= 0.3 is 5.63 Å². The summed E-state index contributed by atoms with van der Waals surface area (Å²) in [7, 11) is 1.66. The first-order chi connectivity index (χ1) is 16.4. The Bertz CT molecular complexity index is 1080. The van der Waals surface area contributed by atoms with Crippen molar-refractivity contribution in [3.05, 3.63) is 39.2 Å². The number of hydrogen-bond acceptors (Lipinski definition) is 6. The molecule has 2 aliphatic heterocycles. The lowest BCUT2D eigenvalue weighted by Crippen LogP contribution is -2.52. The fourth-order valence-corrected chi connectivity index (χ4v) is 5.85. The number of ether oxygens (including phenoxy) is 1. The molecule has 3 heterocycles. The molecule has 2 saturated heterocycles. The smallest absolute Gasteiger partial charge is 0.339 e. The fourth-order valence-electron chi connectivity index (χ4n) is 5.85. The van der Waals surface area contributed by atoms with E-state index in [9.17, 15) is 14.7 Å². The Morgan fingerprint density at radius 2 is 1.97 bits per heavy atom. The summed E-state index contributed by atoms with van der Waals surface area (Å²) in [5.41, 5.74) is 1.88. The average Bonchev–Trinajstić information content (AvgIpc) is 2.84. The Hall–Kier alpha value is -2.38. The summed E-state index contributed by atoms with van der Waals surface area (Å²) in [5, 5.41) is 10.8. The molecule has 186 valence electrons. The maximum absolute atomic E-state index is 13.3. The van der Waals surface area contributed by atoms with Gasteiger partial charge in [-0.3, -0.25) is 4.79 Å². The van der Waals surface area contributed by atoms with E-state index in [-0.39, 0.29) is 18.1 Å². The summed E-state index contributed by atoms with van der Waals surface area (Å²) in [5.74, 6) is 0.662. The zero-order valence-corrected chi connectivity index (χ0v) is 20.8. The predicted octanol–water partition coefficient (Wildman–Crippen LogP) is 3.79. The molecular weight excluding hydrogens is 432 g/mol. The molecule has 1 aromatic carbocycles. The van der Waals surface area contributed by atoms with Gasteiger partial charge in [0.05, 0.1) is 6.61 Å². The van der Waals surface area contributed by atoms with Gasteiger partial charge in [-0.05, 0) is 82.7 Å². The summed E-state index contributed by atoms with van der Waals surface area (Å²) < 4.78 is 10.9. The standard InChI is InChI=1S/C27H38N2O5/c1-18-21-9-11-24(30)19(2)26(21)34-27(32)22(18)10-12-25(31)29(15-16-33-3)17-20-7-6-14-28-13-5-4-8-23(20)28/h9,11,20,23,30H,4-8,10,12-17H2,1-3H3. The molecule has 7 nitrogen and oxygen atoms in total. The Balaban J connectivity index is 1.48. The van der Waals surface area contributed by atoms with Crippen molar-refractivity contribution in [2.45, 2.75) is 64.8 Å². The van der Waals surface area contributed by atoms with Gasteiger partial charge in [0, 0.05) is 49.2 Å². The molecule has 2 aromatic rings. The van der Waals surface area contributed by atoms with Crippen LogP contribution in [0.15, 0.2) is 21.3 Å². The molecule has 34 heavy (non-hydrogen) atoms. The molecule has 1 amide bonds. The molecule has 0 saturated carbocycles. The van der Waals surface area contributed by atoms with Gasteiger partial charge in [-0.1, -0.05) is 6.42 Å². The zero-order chi connectivity index (χ0) is 24.2. The average molecular weight is 471 g/mol. The second-order valence-electron chi connectivity index (χ2n) is 9.91. The number of piperidine rings is 2. The third-order valence-electron chi connectivity index (χ3n) is 7.87. The van der Waals surface area contributed by atoms with Crippen LogP contribution in [0.4, 0.5) is 0 Å². The van der Waals surface area contributed by atoms with E-state index in [0.29, 0.717) is 48.2 Å². The second-order valence-corrected chi connectivity index (χ2v) is 9.91. The van der Waals surface area contributed by atoms with E-state index in [1.54, 1.807) is 26.2 Å². The highest BCUT2D eigenvalue weighted by Gasteiger charge is 2.34. The lowest BCUT2D eigenvalue weighted by atomic mass is 9.83. The summed E-state index contributed by atoms with van der Waals surface area (Å²) in [6.45, 7) is 7.82. The van der Waals surface area contributed by atoms with E-state index >= 15 is 0 Å². The number of phenolic OH excluding ortho intramolecular Hbond substituents is 1. The number of hydrogen-bond donors (Lipinski definition) is 1. The highest BCUT2D eigenvalue weighted by Crippen LogP contribution is 2.32. The number of carbonyl (C=O) groups excluding carboxylic acids is 1. The van der Waals surface area contributed by atoms with Crippen molar-refractivity contribution in [3.63, 3.8) is 0 Å². The maximum atomic E-state index is 13.3. The van der Waals surface area contributed by atoms with Gasteiger partial charge in [-0.15, -0.1) is 0 Å². The van der Waals surface area contributed by atoms with Gasteiger partial charge in [-0.2, -0.15) is 0 Å². The molecule has 2 fully saturated rings. The third kappa shape index (κ3) is 5.15. The molecule has 0 aliphatic carbocycles. The van der Waals surface area contributed by atoms with Gasteiger partial charge < -0.3 is 24.1 Å². The van der Waals surface area contributed by atoms with E-state index in [1.165, 1.54) is 38.8 Å². The normalized spacial score (nSPS) is 20.9. The summed E-state index contributed by atoms with van der Waals surface area (Å²) in [6, 6.07) is 3.96. The lowest BCUT2D eigenvalue weighted by molar-refractivity contribution is -0.133.